The van der Waals surface area contributed by atoms with E-state index in [1.807, 2.05) is 0 Å². The maximum Gasteiger partial charge on any atom is -0.0289 e. The van der Waals surface area contributed by atoms with Gasteiger partial charge in [0.15, 0.2) is 0 Å². The Balaban J connectivity index is 1.44. The quantitative estimate of drug-likeness (QED) is 0.345. The van der Waals surface area contributed by atoms with Crippen LogP contribution in [0.15, 0.2) is 0 Å². The molecule has 0 bridgehead atoms. The first-order valence-electron chi connectivity index (χ1n) is 15.7. The summed E-state index contributed by atoms with van der Waals surface area (Å²) in [6.07, 6.45) is 18.6. The van der Waals surface area contributed by atoms with Gasteiger partial charge in [0.2, 0.25) is 0 Å². The van der Waals surface area contributed by atoms with Crippen LogP contribution in [-0.4, -0.2) is 0 Å². The number of hydrogen-bond donors (Lipinski definition) is 0. The van der Waals surface area contributed by atoms with Crippen molar-refractivity contribution >= 4 is 0 Å². The van der Waals surface area contributed by atoms with Gasteiger partial charge in [-0.3, -0.25) is 0 Å². The first kappa shape index (κ1) is 22.2. The molecule has 0 aliphatic heterocycles. The van der Waals surface area contributed by atoms with E-state index in [1.54, 1.807) is 38.5 Å². The Morgan fingerprint density at radius 3 is 0.879 bits per heavy atom. The van der Waals surface area contributed by atoms with Gasteiger partial charge in [-0.25, -0.2) is 0 Å². The first-order chi connectivity index (χ1) is 15.7. The first-order valence-corrected chi connectivity index (χ1v) is 15.7. The molecule has 0 spiro atoms. The topological polar surface area (TPSA) is 0 Å². The molecule has 6 unspecified atom stereocenters. The second kappa shape index (κ2) is 7.06. The summed E-state index contributed by atoms with van der Waals surface area (Å²) in [6, 6.07) is 0. The van der Waals surface area contributed by atoms with Crippen molar-refractivity contribution in [3.05, 3.63) is 0 Å². The smallest absolute Gasteiger partial charge is 0.0289 e. The van der Waals surface area contributed by atoms with Gasteiger partial charge in [0.1, 0.15) is 0 Å². The molecule has 0 amide bonds. The zero-order chi connectivity index (χ0) is 22.9. The molecular formula is C33H54. The lowest BCUT2D eigenvalue weighted by Crippen LogP contribution is -2.52. The molecule has 0 saturated heterocycles. The van der Waals surface area contributed by atoms with E-state index in [-0.39, 0.29) is 0 Å². The van der Waals surface area contributed by atoms with Gasteiger partial charge in [-0.1, -0.05) is 80.1 Å². The molecule has 7 rings (SSSR count). The van der Waals surface area contributed by atoms with Gasteiger partial charge in [0.25, 0.3) is 0 Å². The van der Waals surface area contributed by atoms with E-state index in [0.717, 1.165) is 71.0 Å². The minimum absolute atomic E-state index is 0.579. The van der Waals surface area contributed by atoms with Gasteiger partial charge in [0, 0.05) is 0 Å². The van der Waals surface area contributed by atoms with Crippen molar-refractivity contribution in [3.8, 4) is 0 Å². The average molecular weight is 451 g/mol. The van der Waals surface area contributed by atoms with Crippen LogP contribution < -0.4 is 0 Å². The van der Waals surface area contributed by atoms with Crippen LogP contribution in [-0.2, 0) is 0 Å². The lowest BCUT2D eigenvalue weighted by Gasteiger charge is -2.56. The Bertz CT molecular complexity index is 669. The molecule has 0 heterocycles. The Morgan fingerprint density at radius 2 is 0.606 bits per heavy atom. The van der Waals surface area contributed by atoms with Gasteiger partial charge < -0.3 is 0 Å². The summed E-state index contributed by atoms with van der Waals surface area (Å²) >= 11 is 0. The van der Waals surface area contributed by atoms with Crippen LogP contribution in [0, 0.1) is 87.3 Å². The standard InChI is InChI=1S/C33H54/c1-31(2)22-16-10-7-13-19(22)25-28(31)26-20-14-8-11-17-23(20)32(3,4)30(26)27-21-15-9-12-18-24(21)33(5,6)29(25)27/h19-30H,7-18H2,1-6H3. The Morgan fingerprint density at radius 1 is 0.364 bits per heavy atom. The summed E-state index contributed by atoms with van der Waals surface area (Å²) in [4.78, 5) is 0. The number of hydrogen-bond acceptors (Lipinski definition) is 0. The molecule has 186 valence electrons. The van der Waals surface area contributed by atoms with Crippen molar-refractivity contribution in [3.63, 3.8) is 0 Å². The van der Waals surface area contributed by atoms with E-state index < -0.39 is 0 Å². The average Bonchev–Trinajstić information content (AvgIpc) is 3.29. The van der Waals surface area contributed by atoms with Crippen LogP contribution >= 0.6 is 0 Å². The fraction of sp³-hybridized carbons (Fsp3) is 1.00. The summed E-state index contributed by atoms with van der Waals surface area (Å²) in [7, 11) is 0. The monoisotopic (exact) mass is 450 g/mol. The van der Waals surface area contributed by atoms with E-state index in [4.69, 9.17) is 0 Å². The summed E-state index contributed by atoms with van der Waals surface area (Å²) in [5.41, 5.74) is 1.74. The third-order valence-electron chi connectivity index (χ3n) is 14.9. The highest BCUT2D eigenvalue weighted by atomic mass is 14.8. The molecule has 7 saturated carbocycles. The third-order valence-corrected chi connectivity index (χ3v) is 14.9. The van der Waals surface area contributed by atoms with Gasteiger partial charge in [-0.15, -0.1) is 0 Å². The van der Waals surface area contributed by atoms with E-state index >= 15 is 0 Å². The molecule has 0 aromatic rings. The van der Waals surface area contributed by atoms with Crippen LogP contribution in [0.25, 0.3) is 0 Å². The fourth-order valence-electron chi connectivity index (χ4n) is 14.4. The molecule has 7 aliphatic rings. The maximum absolute atomic E-state index is 2.80. The molecule has 0 N–H and O–H groups in total. The normalized spacial score (nSPS) is 57.3. The van der Waals surface area contributed by atoms with E-state index in [2.05, 4.69) is 41.5 Å². The van der Waals surface area contributed by atoms with Gasteiger partial charge in [0.05, 0.1) is 0 Å². The highest BCUT2D eigenvalue weighted by molar-refractivity contribution is 5.23. The third kappa shape index (κ3) is 2.61. The van der Waals surface area contributed by atoms with Crippen LogP contribution in [0.3, 0.4) is 0 Å². The van der Waals surface area contributed by atoms with Crippen molar-refractivity contribution in [1.29, 1.82) is 0 Å². The second-order valence-corrected chi connectivity index (χ2v) is 16.4. The minimum atomic E-state index is 0.579. The Hall–Kier alpha value is 0. The lowest BCUT2D eigenvalue weighted by molar-refractivity contribution is -0.0957. The zero-order valence-electron chi connectivity index (χ0n) is 22.9. The highest BCUT2D eigenvalue weighted by Crippen LogP contribution is 2.81. The van der Waals surface area contributed by atoms with Crippen LogP contribution in [0.4, 0.5) is 0 Å². The summed E-state index contributed by atoms with van der Waals surface area (Å²) in [6.45, 7) is 16.8. The molecule has 0 heteroatoms. The molecule has 0 aromatic heterocycles. The van der Waals surface area contributed by atoms with Crippen LogP contribution in [0.2, 0.25) is 0 Å². The zero-order valence-corrected chi connectivity index (χ0v) is 22.9. The molecule has 0 radical (unpaired) electrons. The largest absolute Gasteiger partial charge is 0.0593 e. The van der Waals surface area contributed by atoms with Crippen LogP contribution in [0.1, 0.15) is 119 Å². The summed E-state index contributed by atoms with van der Waals surface area (Å²) in [5.74, 6) is 12.6. The lowest BCUT2D eigenvalue weighted by atomic mass is 9.48. The number of fused-ring (bicyclic) bond motifs is 12. The Labute approximate surface area is 205 Å². The molecule has 6 atom stereocenters. The maximum atomic E-state index is 2.80. The van der Waals surface area contributed by atoms with Gasteiger partial charge in [-0.2, -0.15) is 0 Å². The van der Waals surface area contributed by atoms with Crippen molar-refractivity contribution < 1.29 is 0 Å². The van der Waals surface area contributed by atoms with Gasteiger partial charge in [-0.05, 0) is 126 Å². The SMILES string of the molecule is CC1(C)C2CCCCC2C2C1C1C3CCCCC3C(C)(C)C1C1C3CCCCC3C(C)(C)C21. The molecule has 7 fully saturated rings. The summed E-state index contributed by atoms with van der Waals surface area (Å²) in [5, 5.41) is 0. The molecule has 7 aliphatic carbocycles. The predicted molar refractivity (Wildman–Crippen MR) is 139 cm³/mol. The fourth-order valence-corrected chi connectivity index (χ4v) is 14.4. The molecular weight excluding hydrogens is 396 g/mol. The van der Waals surface area contributed by atoms with E-state index in [0.29, 0.717) is 16.2 Å². The van der Waals surface area contributed by atoms with Gasteiger partial charge >= 0.3 is 0 Å². The number of rotatable bonds is 0. The predicted octanol–water partition coefficient (Wildman–Crippen LogP) is 9.24. The van der Waals surface area contributed by atoms with E-state index in [1.165, 1.54) is 38.5 Å². The summed E-state index contributed by atoms with van der Waals surface area (Å²) < 4.78 is 0. The molecule has 33 heavy (non-hydrogen) atoms. The van der Waals surface area contributed by atoms with E-state index in [9.17, 15) is 0 Å². The second-order valence-electron chi connectivity index (χ2n) is 16.4. The van der Waals surface area contributed by atoms with Crippen molar-refractivity contribution in [2.75, 3.05) is 0 Å². The Kier molecular flexibility index (Phi) is 4.75. The molecule has 0 aromatic carbocycles. The van der Waals surface area contributed by atoms with Crippen molar-refractivity contribution in [2.24, 2.45) is 87.3 Å². The molecule has 0 nitrogen and oxygen atoms in total. The van der Waals surface area contributed by atoms with Crippen molar-refractivity contribution in [1.82, 2.24) is 0 Å². The van der Waals surface area contributed by atoms with Crippen molar-refractivity contribution in [2.45, 2.75) is 119 Å². The minimum Gasteiger partial charge on any atom is -0.0593 e. The van der Waals surface area contributed by atoms with Crippen LogP contribution in [0.5, 0.6) is 0 Å². The highest BCUT2D eigenvalue weighted by Gasteiger charge is 2.75.